The minimum absolute atomic E-state index is 0.000855. The van der Waals surface area contributed by atoms with Crippen molar-refractivity contribution >= 4 is 11.6 Å². The summed E-state index contributed by atoms with van der Waals surface area (Å²) >= 11 is 0. The van der Waals surface area contributed by atoms with Gasteiger partial charge in [0, 0.05) is 0 Å². The predicted octanol–water partition coefficient (Wildman–Crippen LogP) is 3.33. The Morgan fingerprint density at radius 1 is 1.00 bits per heavy atom. The van der Waals surface area contributed by atoms with Gasteiger partial charge in [0.1, 0.15) is 0 Å². The van der Waals surface area contributed by atoms with Gasteiger partial charge in [-0.15, -0.1) is 0 Å². The van der Waals surface area contributed by atoms with Crippen LogP contribution < -0.4 is 0 Å². The summed E-state index contributed by atoms with van der Waals surface area (Å²) in [5.41, 5.74) is 1.37. The molecule has 0 N–H and O–H groups in total. The summed E-state index contributed by atoms with van der Waals surface area (Å²) in [5, 5.41) is 0. The van der Waals surface area contributed by atoms with Crippen LogP contribution in [0.15, 0.2) is 24.3 Å². The highest BCUT2D eigenvalue weighted by Crippen LogP contribution is 2.52. The van der Waals surface area contributed by atoms with Crippen LogP contribution in [0.4, 0.5) is 0 Å². The maximum Gasteiger partial charge on any atom is 0.169 e. The fraction of sp³-hybridized carbons (Fsp3) is 0.647. The summed E-state index contributed by atoms with van der Waals surface area (Å²) in [6.07, 6.45) is 5.30. The third-order valence-electron chi connectivity index (χ3n) is 5.66. The molecule has 0 aromatic heterocycles. The van der Waals surface area contributed by atoms with E-state index in [0.717, 1.165) is 24.8 Å². The molecule has 2 heteroatoms. The second-order valence-electron chi connectivity index (χ2n) is 6.64. The van der Waals surface area contributed by atoms with Crippen LogP contribution in [0.2, 0.25) is 0 Å². The largest absolute Gasteiger partial charge is 0.294 e. The molecule has 0 aliphatic heterocycles. The van der Waals surface area contributed by atoms with E-state index in [4.69, 9.17) is 0 Å². The molecule has 0 heterocycles. The van der Waals surface area contributed by atoms with Crippen LogP contribution in [0.25, 0.3) is 0 Å². The number of Topliss-reactive ketones (excluding diaryl/α,β-unsaturated/α-hetero) is 2. The first-order valence-electron chi connectivity index (χ1n) is 7.47. The van der Waals surface area contributed by atoms with Crippen LogP contribution >= 0.6 is 0 Å². The zero-order valence-corrected chi connectivity index (χ0v) is 11.7. The van der Waals surface area contributed by atoms with Gasteiger partial charge in [-0.1, -0.05) is 32.9 Å². The Morgan fingerprint density at radius 2 is 1.74 bits per heavy atom. The molecular formula is C17H22O2. The Hall–Kier alpha value is -1.18. The summed E-state index contributed by atoms with van der Waals surface area (Å²) in [7, 11) is 0. The number of rotatable bonds is 0. The maximum atomic E-state index is 12.6. The van der Waals surface area contributed by atoms with E-state index in [0.29, 0.717) is 23.3 Å². The molecule has 3 aliphatic carbocycles. The molecule has 0 bridgehead atoms. The number of hydrogen-bond donors (Lipinski definition) is 0. The number of allylic oxidation sites excluding steroid dienone is 2. The number of hydrogen-bond acceptors (Lipinski definition) is 2. The van der Waals surface area contributed by atoms with E-state index < -0.39 is 5.92 Å². The van der Waals surface area contributed by atoms with Gasteiger partial charge in [-0.2, -0.15) is 0 Å². The van der Waals surface area contributed by atoms with E-state index >= 15 is 0 Å². The average molecular weight is 258 g/mol. The first-order chi connectivity index (χ1) is 9.02. The van der Waals surface area contributed by atoms with Crippen molar-refractivity contribution in [3.8, 4) is 0 Å². The van der Waals surface area contributed by atoms with Gasteiger partial charge in [-0.3, -0.25) is 9.59 Å². The van der Waals surface area contributed by atoms with E-state index in [1.807, 2.05) is 0 Å². The smallest absolute Gasteiger partial charge is 0.169 e. The minimum Gasteiger partial charge on any atom is -0.294 e. The lowest BCUT2D eigenvalue weighted by Gasteiger charge is -2.49. The number of ketones is 2. The monoisotopic (exact) mass is 258 g/mol. The van der Waals surface area contributed by atoms with Crippen molar-refractivity contribution in [2.45, 2.75) is 39.0 Å². The SMILES string of the molecule is C=C1CCC2C(C1=O)C(=O)C(=C)C1C(C)CCCC21. The highest BCUT2D eigenvalue weighted by atomic mass is 16.2. The summed E-state index contributed by atoms with van der Waals surface area (Å²) in [5.74, 6) is 1.18. The number of fused-ring (bicyclic) bond motifs is 3. The number of carbonyl (C=O) groups excluding carboxylic acids is 2. The quantitative estimate of drug-likeness (QED) is 0.493. The molecule has 3 aliphatic rings. The van der Waals surface area contributed by atoms with E-state index in [9.17, 15) is 9.59 Å². The van der Waals surface area contributed by atoms with Crippen molar-refractivity contribution in [1.82, 2.24) is 0 Å². The van der Waals surface area contributed by atoms with Gasteiger partial charge in [0.2, 0.25) is 0 Å². The molecule has 0 spiro atoms. The topological polar surface area (TPSA) is 34.1 Å². The highest BCUT2D eigenvalue weighted by Gasteiger charge is 2.52. The van der Waals surface area contributed by atoms with E-state index in [1.54, 1.807) is 0 Å². The molecule has 102 valence electrons. The van der Waals surface area contributed by atoms with E-state index in [1.165, 1.54) is 12.8 Å². The van der Waals surface area contributed by atoms with Gasteiger partial charge < -0.3 is 0 Å². The molecule has 0 saturated heterocycles. The van der Waals surface area contributed by atoms with Gasteiger partial charge in [0.05, 0.1) is 5.92 Å². The first-order valence-corrected chi connectivity index (χ1v) is 7.47. The second-order valence-corrected chi connectivity index (χ2v) is 6.64. The first kappa shape index (κ1) is 12.8. The minimum atomic E-state index is -0.444. The Morgan fingerprint density at radius 3 is 2.47 bits per heavy atom. The van der Waals surface area contributed by atoms with Gasteiger partial charge in [-0.25, -0.2) is 0 Å². The Balaban J connectivity index is 2.00. The van der Waals surface area contributed by atoms with Crippen molar-refractivity contribution in [3.05, 3.63) is 24.3 Å². The Labute approximate surface area is 115 Å². The lowest BCUT2D eigenvalue weighted by atomic mass is 9.53. The molecule has 0 amide bonds. The Bertz CT molecular complexity index is 474. The Kier molecular flexibility index (Phi) is 2.99. The molecule has 3 fully saturated rings. The summed E-state index contributed by atoms with van der Waals surface area (Å²) < 4.78 is 0. The lowest BCUT2D eigenvalue weighted by molar-refractivity contribution is -0.138. The fourth-order valence-corrected chi connectivity index (χ4v) is 4.72. The third-order valence-corrected chi connectivity index (χ3v) is 5.66. The molecule has 0 radical (unpaired) electrons. The number of carbonyl (C=O) groups is 2. The lowest BCUT2D eigenvalue weighted by Crippen LogP contribution is -2.50. The summed E-state index contributed by atoms with van der Waals surface area (Å²) in [6, 6.07) is 0. The van der Waals surface area contributed by atoms with Crippen LogP contribution in [0.3, 0.4) is 0 Å². The van der Waals surface area contributed by atoms with E-state index in [2.05, 4.69) is 20.1 Å². The van der Waals surface area contributed by atoms with E-state index in [-0.39, 0.29) is 17.5 Å². The van der Waals surface area contributed by atoms with Crippen LogP contribution in [-0.4, -0.2) is 11.6 Å². The summed E-state index contributed by atoms with van der Waals surface area (Å²) in [6.45, 7) is 10.1. The van der Waals surface area contributed by atoms with Crippen molar-refractivity contribution in [3.63, 3.8) is 0 Å². The molecule has 3 rings (SSSR count). The molecular weight excluding hydrogens is 236 g/mol. The predicted molar refractivity (Wildman–Crippen MR) is 74.5 cm³/mol. The molecule has 3 saturated carbocycles. The van der Waals surface area contributed by atoms with Crippen LogP contribution in [0.5, 0.6) is 0 Å². The zero-order valence-electron chi connectivity index (χ0n) is 11.7. The maximum absolute atomic E-state index is 12.6. The third kappa shape index (κ3) is 1.76. The van der Waals surface area contributed by atoms with Crippen molar-refractivity contribution in [2.24, 2.45) is 29.6 Å². The van der Waals surface area contributed by atoms with Crippen LogP contribution in [0.1, 0.15) is 39.0 Å². The van der Waals surface area contributed by atoms with Crippen molar-refractivity contribution in [1.29, 1.82) is 0 Å². The van der Waals surface area contributed by atoms with Crippen LogP contribution in [-0.2, 0) is 9.59 Å². The summed E-state index contributed by atoms with van der Waals surface area (Å²) in [4.78, 5) is 24.9. The van der Waals surface area contributed by atoms with Gasteiger partial charge in [0.15, 0.2) is 11.6 Å². The van der Waals surface area contributed by atoms with Crippen molar-refractivity contribution in [2.75, 3.05) is 0 Å². The zero-order chi connectivity index (χ0) is 13.7. The van der Waals surface area contributed by atoms with Gasteiger partial charge in [-0.05, 0) is 54.1 Å². The molecule has 0 aromatic rings. The molecule has 0 aromatic carbocycles. The standard InChI is InChI=1S/C17H22O2/c1-9-5-4-6-12-13-8-7-10(2)16(18)15(13)17(19)11(3)14(9)12/h9,12-15H,2-8H2,1H3. The van der Waals surface area contributed by atoms with Crippen LogP contribution in [0, 0.1) is 29.6 Å². The van der Waals surface area contributed by atoms with Crippen molar-refractivity contribution < 1.29 is 9.59 Å². The second kappa shape index (κ2) is 4.43. The molecule has 5 unspecified atom stereocenters. The molecule has 5 atom stereocenters. The highest BCUT2D eigenvalue weighted by molar-refractivity contribution is 6.16. The normalized spacial score (nSPS) is 42.9. The average Bonchev–Trinajstić information content (AvgIpc) is 2.39. The van der Waals surface area contributed by atoms with Gasteiger partial charge >= 0.3 is 0 Å². The molecule has 2 nitrogen and oxygen atoms in total. The fourth-order valence-electron chi connectivity index (χ4n) is 4.72. The van der Waals surface area contributed by atoms with Gasteiger partial charge in [0.25, 0.3) is 0 Å². The molecule has 19 heavy (non-hydrogen) atoms.